The van der Waals surface area contributed by atoms with Crippen LogP contribution < -0.4 is 5.43 Å². The number of phenolic OH excluding ortho intramolecular Hbond substituents is 1. The van der Waals surface area contributed by atoms with E-state index < -0.39 is 10.7 Å². The van der Waals surface area contributed by atoms with Gasteiger partial charge >= 0.3 is 5.69 Å². The summed E-state index contributed by atoms with van der Waals surface area (Å²) >= 11 is 0. The van der Waals surface area contributed by atoms with Gasteiger partial charge in [-0.3, -0.25) is 15.5 Å². The molecule has 0 bridgehead atoms. The molecule has 0 spiro atoms. The van der Waals surface area contributed by atoms with E-state index in [1.165, 1.54) is 18.3 Å². The molecule has 2 aromatic carbocycles. The summed E-state index contributed by atoms with van der Waals surface area (Å²) in [4.78, 5) is 10.0. The second-order valence-corrected chi connectivity index (χ2v) is 3.71. The Hall–Kier alpha value is -2.89. The number of nitro groups is 1. The molecule has 0 amide bonds. The van der Waals surface area contributed by atoms with Crippen molar-refractivity contribution >= 4 is 17.6 Å². The zero-order chi connectivity index (χ0) is 13.7. The maximum atomic E-state index is 10.7. The number of rotatable bonds is 4. The van der Waals surface area contributed by atoms with Gasteiger partial charge in [-0.25, -0.2) is 0 Å². The highest BCUT2D eigenvalue weighted by atomic mass is 16.6. The number of nitrogens with one attached hydrogen (secondary N) is 1. The molecule has 2 aromatic rings. The van der Waals surface area contributed by atoms with Gasteiger partial charge in [0.15, 0.2) is 0 Å². The molecule has 2 rings (SSSR count). The Morgan fingerprint density at radius 1 is 1.16 bits per heavy atom. The molecule has 0 aliphatic heterocycles. The van der Waals surface area contributed by atoms with E-state index in [9.17, 15) is 15.2 Å². The van der Waals surface area contributed by atoms with Gasteiger partial charge in [-0.1, -0.05) is 24.3 Å². The number of benzene rings is 2. The number of anilines is 1. The van der Waals surface area contributed by atoms with Crippen molar-refractivity contribution in [2.24, 2.45) is 5.10 Å². The predicted octanol–water partition coefficient (Wildman–Crippen LogP) is 2.75. The number of hydrogen-bond acceptors (Lipinski definition) is 5. The van der Waals surface area contributed by atoms with Gasteiger partial charge in [-0.15, -0.1) is 0 Å². The predicted molar refractivity (Wildman–Crippen MR) is 72.4 cm³/mol. The van der Waals surface area contributed by atoms with E-state index in [2.05, 4.69) is 10.5 Å². The number of aromatic hydroxyl groups is 1. The Balaban J connectivity index is 2.15. The van der Waals surface area contributed by atoms with Crippen molar-refractivity contribution in [3.63, 3.8) is 0 Å². The first-order valence-electron chi connectivity index (χ1n) is 5.49. The fourth-order valence-corrected chi connectivity index (χ4v) is 1.49. The van der Waals surface area contributed by atoms with E-state index in [0.717, 1.165) is 5.69 Å². The van der Waals surface area contributed by atoms with E-state index in [-0.39, 0.29) is 11.3 Å². The van der Waals surface area contributed by atoms with Gasteiger partial charge in [0.25, 0.3) is 0 Å². The van der Waals surface area contributed by atoms with Gasteiger partial charge in [-0.2, -0.15) is 5.10 Å². The second kappa shape index (κ2) is 5.63. The zero-order valence-corrected chi connectivity index (χ0v) is 9.85. The number of para-hydroxylation sites is 2. The second-order valence-electron chi connectivity index (χ2n) is 3.71. The van der Waals surface area contributed by atoms with Crippen molar-refractivity contribution in [1.29, 1.82) is 0 Å². The minimum atomic E-state index is -0.642. The Kier molecular flexibility index (Phi) is 3.72. The van der Waals surface area contributed by atoms with Crippen LogP contribution in [-0.4, -0.2) is 16.2 Å². The van der Waals surface area contributed by atoms with Crippen LogP contribution in [0.5, 0.6) is 5.75 Å². The fourth-order valence-electron chi connectivity index (χ4n) is 1.49. The summed E-state index contributed by atoms with van der Waals surface area (Å²) in [6.45, 7) is 0. The van der Waals surface area contributed by atoms with Crippen LogP contribution in [0.4, 0.5) is 11.4 Å². The average molecular weight is 257 g/mol. The molecule has 0 saturated carbocycles. The molecule has 0 aromatic heterocycles. The number of hydrazone groups is 1. The monoisotopic (exact) mass is 257 g/mol. The lowest BCUT2D eigenvalue weighted by molar-refractivity contribution is -0.385. The summed E-state index contributed by atoms with van der Waals surface area (Å²) in [5, 5.41) is 24.3. The molecule has 0 saturated heterocycles. The Bertz CT molecular complexity index is 612. The topological polar surface area (TPSA) is 87.8 Å². The summed E-state index contributed by atoms with van der Waals surface area (Å²) in [5.41, 5.74) is 3.47. The highest BCUT2D eigenvalue weighted by Crippen LogP contribution is 2.27. The molecule has 0 atom stereocenters. The highest BCUT2D eigenvalue weighted by molar-refractivity contribution is 5.86. The maximum absolute atomic E-state index is 10.7. The first-order valence-corrected chi connectivity index (χ1v) is 5.49. The van der Waals surface area contributed by atoms with Crippen LogP contribution in [0, 0.1) is 10.1 Å². The van der Waals surface area contributed by atoms with Crippen LogP contribution in [0.3, 0.4) is 0 Å². The molecule has 0 radical (unpaired) electrons. The van der Waals surface area contributed by atoms with E-state index in [1.54, 1.807) is 6.07 Å². The third kappa shape index (κ3) is 3.06. The van der Waals surface area contributed by atoms with Crippen LogP contribution in [0.2, 0.25) is 0 Å². The lowest BCUT2D eigenvalue weighted by Crippen LogP contribution is -1.94. The summed E-state index contributed by atoms with van der Waals surface area (Å²) in [5.74, 6) is -0.397. The van der Waals surface area contributed by atoms with Crippen molar-refractivity contribution in [3.05, 3.63) is 64.2 Å². The minimum Gasteiger partial charge on any atom is -0.502 e. The van der Waals surface area contributed by atoms with E-state index >= 15 is 0 Å². The van der Waals surface area contributed by atoms with Crippen LogP contribution >= 0.6 is 0 Å². The lowest BCUT2D eigenvalue weighted by atomic mass is 10.2. The molecule has 6 heteroatoms. The Labute approximate surface area is 109 Å². The maximum Gasteiger partial charge on any atom is 0.311 e. The highest BCUT2D eigenvalue weighted by Gasteiger charge is 2.14. The normalized spacial score (nSPS) is 10.5. The molecule has 19 heavy (non-hydrogen) atoms. The van der Waals surface area contributed by atoms with Crippen molar-refractivity contribution in [2.45, 2.75) is 0 Å². The third-order valence-electron chi connectivity index (χ3n) is 2.41. The van der Waals surface area contributed by atoms with E-state index in [1.807, 2.05) is 30.3 Å². The summed E-state index contributed by atoms with van der Waals surface area (Å²) in [7, 11) is 0. The average Bonchev–Trinajstić information content (AvgIpc) is 2.41. The van der Waals surface area contributed by atoms with Crippen LogP contribution in [0.25, 0.3) is 0 Å². The number of nitrogens with zero attached hydrogens (tertiary/aromatic N) is 2. The van der Waals surface area contributed by atoms with Crippen molar-refractivity contribution in [3.8, 4) is 5.75 Å². The molecule has 2 N–H and O–H groups in total. The zero-order valence-electron chi connectivity index (χ0n) is 9.85. The van der Waals surface area contributed by atoms with Crippen molar-refractivity contribution < 1.29 is 10.0 Å². The van der Waals surface area contributed by atoms with Crippen LogP contribution in [0.1, 0.15) is 5.56 Å². The minimum absolute atomic E-state index is 0.276. The van der Waals surface area contributed by atoms with Crippen molar-refractivity contribution in [2.75, 3.05) is 5.43 Å². The molecule has 96 valence electrons. The SMILES string of the molecule is O=[N+]([O-])c1cccc(C=NNc2ccccc2)c1O. The first kappa shape index (κ1) is 12.6. The van der Waals surface area contributed by atoms with E-state index in [4.69, 9.17) is 0 Å². The summed E-state index contributed by atoms with van der Waals surface area (Å²) in [6, 6.07) is 13.5. The molecule has 0 unspecified atom stereocenters. The van der Waals surface area contributed by atoms with Gasteiger partial charge in [0.1, 0.15) is 0 Å². The number of nitro benzene ring substituents is 1. The number of phenols is 1. The Morgan fingerprint density at radius 2 is 1.89 bits per heavy atom. The molecular formula is C13H11N3O3. The van der Waals surface area contributed by atoms with Gasteiger partial charge < -0.3 is 5.11 Å². The number of hydrogen-bond donors (Lipinski definition) is 2. The molecule has 0 aliphatic rings. The van der Waals surface area contributed by atoms with Gasteiger partial charge in [0, 0.05) is 11.6 Å². The third-order valence-corrected chi connectivity index (χ3v) is 2.41. The van der Waals surface area contributed by atoms with Crippen LogP contribution in [0.15, 0.2) is 53.6 Å². The van der Waals surface area contributed by atoms with Gasteiger partial charge in [0.05, 0.1) is 16.8 Å². The summed E-state index contributed by atoms with van der Waals surface area (Å²) in [6.07, 6.45) is 1.33. The molecule has 0 fully saturated rings. The molecule has 6 nitrogen and oxygen atoms in total. The van der Waals surface area contributed by atoms with E-state index in [0.29, 0.717) is 0 Å². The quantitative estimate of drug-likeness (QED) is 0.500. The van der Waals surface area contributed by atoms with Gasteiger partial charge in [-0.05, 0) is 18.2 Å². The molecular weight excluding hydrogens is 246 g/mol. The molecule has 0 aliphatic carbocycles. The smallest absolute Gasteiger partial charge is 0.311 e. The standard InChI is InChI=1S/C13H11N3O3/c17-13-10(5-4-8-12(13)16(18)19)9-14-15-11-6-2-1-3-7-11/h1-9,15,17H. The fraction of sp³-hybridized carbons (Fsp3) is 0. The van der Waals surface area contributed by atoms with Crippen molar-refractivity contribution in [1.82, 2.24) is 0 Å². The Morgan fingerprint density at radius 3 is 2.58 bits per heavy atom. The largest absolute Gasteiger partial charge is 0.502 e. The molecule has 0 heterocycles. The lowest BCUT2D eigenvalue weighted by Gasteiger charge is -2.01. The summed E-state index contributed by atoms with van der Waals surface area (Å²) < 4.78 is 0. The van der Waals surface area contributed by atoms with Crippen LogP contribution in [-0.2, 0) is 0 Å². The first-order chi connectivity index (χ1) is 9.18. The van der Waals surface area contributed by atoms with Gasteiger partial charge in [0.2, 0.25) is 5.75 Å².